The van der Waals surface area contributed by atoms with Crippen molar-refractivity contribution < 1.29 is 18.7 Å². The highest BCUT2D eigenvalue weighted by atomic mass is 19.1. The highest BCUT2D eigenvalue weighted by Crippen LogP contribution is 2.19. The standard InChI is InChI=1S/C13H10F2N2O2/c14-8-1-3-9(4-2-8)16-13(19)17-10-5-6-12(18)11(15)7-10/h1-7,18H,(H2,16,17,19). The van der Waals surface area contributed by atoms with Crippen molar-refractivity contribution in [1.29, 1.82) is 0 Å². The van der Waals surface area contributed by atoms with Crippen LogP contribution in [0.2, 0.25) is 0 Å². The maximum absolute atomic E-state index is 13.0. The molecule has 0 aliphatic carbocycles. The molecule has 4 nitrogen and oxygen atoms in total. The Morgan fingerprint density at radius 1 is 0.947 bits per heavy atom. The van der Waals surface area contributed by atoms with Gasteiger partial charge in [-0.1, -0.05) is 0 Å². The van der Waals surface area contributed by atoms with Gasteiger partial charge in [-0.05, 0) is 36.4 Å². The molecule has 0 atom stereocenters. The minimum Gasteiger partial charge on any atom is -0.505 e. The Kier molecular flexibility index (Phi) is 3.61. The number of urea groups is 1. The van der Waals surface area contributed by atoms with Crippen LogP contribution < -0.4 is 10.6 Å². The molecule has 0 saturated carbocycles. The predicted octanol–water partition coefficient (Wildman–Crippen LogP) is 3.31. The fraction of sp³-hybridized carbons (Fsp3) is 0. The minimum absolute atomic E-state index is 0.190. The van der Waals surface area contributed by atoms with Gasteiger partial charge in [0.25, 0.3) is 0 Å². The molecule has 98 valence electrons. The normalized spacial score (nSPS) is 10.0. The number of rotatable bonds is 2. The molecule has 0 aromatic heterocycles. The Labute approximate surface area is 107 Å². The van der Waals surface area contributed by atoms with Crippen LogP contribution in [0.1, 0.15) is 0 Å². The van der Waals surface area contributed by atoms with E-state index in [9.17, 15) is 13.6 Å². The van der Waals surface area contributed by atoms with Gasteiger partial charge in [-0.25, -0.2) is 13.6 Å². The third-order valence-corrected chi connectivity index (χ3v) is 2.31. The summed E-state index contributed by atoms with van der Waals surface area (Å²) in [4.78, 5) is 11.6. The molecule has 3 N–H and O–H groups in total. The Hall–Kier alpha value is -2.63. The van der Waals surface area contributed by atoms with E-state index < -0.39 is 23.4 Å². The van der Waals surface area contributed by atoms with Crippen LogP contribution in [-0.2, 0) is 0 Å². The predicted molar refractivity (Wildman–Crippen MR) is 67.1 cm³/mol. The lowest BCUT2D eigenvalue weighted by Crippen LogP contribution is -2.19. The third-order valence-electron chi connectivity index (χ3n) is 2.31. The molecule has 19 heavy (non-hydrogen) atoms. The summed E-state index contributed by atoms with van der Waals surface area (Å²) in [5.41, 5.74) is 0.591. The molecule has 0 bridgehead atoms. The van der Waals surface area contributed by atoms with Crippen molar-refractivity contribution in [3.05, 3.63) is 54.1 Å². The van der Waals surface area contributed by atoms with Crippen LogP contribution in [0.4, 0.5) is 25.0 Å². The molecule has 6 heteroatoms. The molecule has 0 radical (unpaired) electrons. The SMILES string of the molecule is O=C(Nc1ccc(F)cc1)Nc1ccc(O)c(F)c1. The lowest BCUT2D eigenvalue weighted by molar-refractivity contribution is 0.262. The van der Waals surface area contributed by atoms with Gasteiger partial charge in [0.2, 0.25) is 0 Å². The average molecular weight is 264 g/mol. The number of benzene rings is 2. The lowest BCUT2D eigenvalue weighted by atomic mass is 10.3. The van der Waals surface area contributed by atoms with Crippen molar-refractivity contribution >= 4 is 17.4 Å². The van der Waals surface area contributed by atoms with Crippen LogP contribution in [0.25, 0.3) is 0 Å². The smallest absolute Gasteiger partial charge is 0.323 e. The highest BCUT2D eigenvalue weighted by Gasteiger charge is 2.05. The Bertz CT molecular complexity index is 600. The zero-order valence-electron chi connectivity index (χ0n) is 9.65. The zero-order chi connectivity index (χ0) is 13.8. The number of hydrogen-bond acceptors (Lipinski definition) is 2. The van der Waals surface area contributed by atoms with Gasteiger partial charge in [-0.3, -0.25) is 0 Å². The fourth-order valence-corrected chi connectivity index (χ4v) is 1.41. The summed E-state index contributed by atoms with van der Waals surface area (Å²) in [6, 6.07) is 8.06. The van der Waals surface area contributed by atoms with E-state index in [1.165, 1.54) is 30.3 Å². The summed E-state index contributed by atoms with van der Waals surface area (Å²) in [7, 11) is 0. The van der Waals surface area contributed by atoms with Gasteiger partial charge in [-0.15, -0.1) is 0 Å². The molecular formula is C13H10F2N2O2. The fourth-order valence-electron chi connectivity index (χ4n) is 1.41. The second-order valence-corrected chi connectivity index (χ2v) is 3.75. The summed E-state index contributed by atoms with van der Waals surface area (Å²) < 4.78 is 25.7. The van der Waals surface area contributed by atoms with Crippen LogP contribution >= 0.6 is 0 Å². The Morgan fingerprint density at radius 2 is 1.53 bits per heavy atom. The van der Waals surface area contributed by atoms with E-state index in [1.807, 2.05) is 0 Å². The molecule has 2 aromatic rings. The van der Waals surface area contributed by atoms with E-state index in [0.717, 1.165) is 12.1 Å². The van der Waals surface area contributed by atoms with Crippen molar-refractivity contribution in [3.63, 3.8) is 0 Å². The number of phenols is 1. The van der Waals surface area contributed by atoms with Gasteiger partial charge in [0.1, 0.15) is 5.82 Å². The second-order valence-electron chi connectivity index (χ2n) is 3.75. The molecule has 2 amide bonds. The minimum atomic E-state index is -0.834. The van der Waals surface area contributed by atoms with E-state index >= 15 is 0 Å². The molecular weight excluding hydrogens is 254 g/mol. The number of hydrogen-bond donors (Lipinski definition) is 3. The summed E-state index contributed by atoms with van der Waals surface area (Å²) >= 11 is 0. The zero-order valence-corrected chi connectivity index (χ0v) is 9.65. The van der Waals surface area contributed by atoms with Gasteiger partial charge in [0.15, 0.2) is 11.6 Å². The molecule has 0 spiro atoms. The molecule has 2 aromatic carbocycles. The van der Waals surface area contributed by atoms with Crippen molar-refractivity contribution in [2.45, 2.75) is 0 Å². The monoisotopic (exact) mass is 264 g/mol. The van der Waals surface area contributed by atoms with Crippen LogP contribution in [0, 0.1) is 11.6 Å². The molecule has 0 aliphatic rings. The first kappa shape index (κ1) is 12.8. The number of phenolic OH excluding ortho intramolecular Hbond substituents is 1. The van der Waals surface area contributed by atoms with Gasteiger partial charge in [-0.2, -0.15) is 0 Å². The molecule has 0 heterocycles. The molecule has 0 fully saturated rings. The number of carbonyl (C=O) groups is 1. The molecule has 2 rings (SSSR count). The quantitative estimate of drug-likeness (QED) is 0.729. The van der Waals surface area contributed by atoms with Crippen molar-refractivity contribution in [1.82, 2.24) is 0 Å². The first-order valence-corrected chi connectivity index (χ1v) is 5.37. The molecule has 0 saturated heterocycles. The summed E-state index contributed by atoms with van der Waals surface area (Å²) in [5.74, 6) is -1.74. The number of nitrogens with one attached hydrogen (secondary N) is 2. The first-order valence-electron chi connectivity index (χ1n) is 5.37. The maximum atomic E-state index is 13.0. The van der Waals surface area contributed by atoms with E-state index in [-0.39, 0.29) is 5.69 Å². The van der Waals surface area contributed by atoms with Gasteiger partial charge >= 0.3 is 6.03 Å². The van der Waals surface area contributed by atoms with E-state index in [4.69, 9.17) is 5.11 Å². The van der Waals surface area contributed by atoms with E-state index in [0.29, 0.717) is 5.69 Å². The lowest BCUT2D eigenvalue weighted by Gasteiger charge is -2.08. The summed E-state index contributed by atoms with van der Waals surface area (Å²) in [5, 5.41) is 13.8. The number of carbonyl (C=O) groups excluding carboxylic acids is 1. The average Bonchev–Trinajstić information content (AvgIpc) is 2.37. The summed E-state index contributed by atoms with van der Waals surface area (Å²) in [6.45, 7) is 0. The van der Waals surface area contributed by atoms with Gasteiger partial charge < -0.3 is 15.7 Å². The molecule has 0 aliphatic heterocycles. The number of anilines is 2. The van der Waals surface area contributed by atoms with E-state index in [1.54, 1.807) is 0 Å². The van der Waals surface area contributed by atoms with Crippen molar-refractivity contribution in [3.8, 4) is 5.75 Å². The number of aromatic hydroxyl groups is 1. The van der Waals surface area contributed by atoms with Gasteiger partial charge in [0.05, 0.1) is 0 Å². The van der Waals surface area contributed by atoms with Crippen LogP contribution in [-0.4, -0.2) is 11.1 Å². The number of halogens is 2. The largest absolute Gasteiger partial charge is 0.505 e. The van der Waals surface area contributed by atoms with Crippen molar-refractivity contribution in [2.24, 2.45) is 0 Å². The Morgan fingerprint density at radius 3 is 2.16 bits per heavy atom. The summed E-state index contributed by atoms with van der Waals surface area (Å²) in [6.07, 6.45) is 0. The van der Waals surface area contributed by atoms with Crippen molar-refractivity contribution in [2.75, 3.05) is 10.6 Å². The first-order chi connectivity index (χ1) is 9.04. The van der Waals surface area contributed by atoms with Crippen LogP contribution in [0.15, 0.2) is 42.5 Å². The van der Waals surface area contributed by atoms with Gasteiger partial charge in [0, 0.05) is 17.4 Å². The molecule has 0 unspecified atom stereocenters. The highest BCUT2D eigenvalue weighted by molar-refractivity contribution is 5.99. The van der Waals surface area contributed by atoms with E-state index in [2.05, 4.69) is 10.6 Å². The van der Waals surface area contributed by atoms with Crippen LogP contribution in [0.5, 0.6) is 5.75 Å². The second kappa shape index (κ2) is 5.34. The topological polar surface area (TPSA) is 61.4 Å². The van der Waals surface area contributed by atoms with Crippen LogP contribution in [0.3, 0.4) is 0 Å². The number of amides is 2. The maximum Gasteiger partial charge on any atom is 0.323 e. The third kappa shape index (κ3) is 3.41. The Balaban J connectivity index is 2.01.